The van der Waals surface area contributed by atoms with E-state index in [9.17, 15) is 4.79 Å². The highest BCUT2D eigenvalue weighted by molar-refractivity contribution is 5.93. The van der Waals surface area contributed by atoms with Crippen LogP contribution in [0.4, 0.5) is 11.6 Å². The number of anilines is 2. The smallest absolute Gasteiger partial charge is 0.246 e. The Kier molecular flexibility index (Phi) is 5.35. The number of nitrogens with two attached hydrogens (primary N) is 1. The van der Waals surface area contributed by atoms with E-state index in [0.717, 1.165) is 13.1 Å². The van der Waals surface area contributed by atoms with Crippen LogP contribution in [0.15, 0.2) is 48.0 Å². The van der Waals surface area contributed by atoms with Crippen molar-refractivity contribution < 1.29 is 4.79 Å². The van der Waals surface area contributed by atoms with Gasteiger partial charge in [0.15, 0.2) is 5.96 Å². The van der Waals surface area contributed by atoms with Gasteiger partial charge in [-0.25, -0.2) is 15.0 Å². The minimum atomic E-state index is -0.229. The number of hydrogen-bond donors (Lipinski definition) is 2. The highest BCUT2D eigenvalue weighted by Crippen LogP contribution is 2.09. The predicted molar refractivity (Wildman–Crippen MR) is 95.2 cm³/mol. The summed E-state index contributed by atoms with van der Waals surface area (Å²) >= 11 is 0. The molecule has 1 saturated heterocycles. The molecule has 0 saturated carbocycles. The molecule has 0 spiro atoms. The molecule has 0 aromatic carbocycles. The zero-order valence-corrected chi connectivity index (χ0v) is 13.7. The Bertz CT molecular complexity index is 713. The average Bonchev–Trinajstić information content (AvgIpc) is 2.68. The van der Waals surface area contributed by atoms with E-state index in [4.69, 9.17) is 5.73 Å². The number of pyridine rings is 1. The molecule has 0 radical (unpaired) electrons. The van der Waals surface area contributed by atoms with Gasteiger partial charge in [-0.1, -0.05) is 0 Å². The van der Waals surface area contributed by atoms with Crippen molar-refractivity contribution >= 4 is 23.5 Å². The number of carbonyl (C=O) groups excluding carboxylic acids is 1. The summed E-state index contributed by atoms with van der Waals surface area (Å²) in [5.41, 5.74) is 6.64. The Labute approximate surface area is 145 Å². The molecule has 0 atom stereocenters. The van der Waals surface area contributed by atoms with Crippen LogP contribution in [0.5, 0.6) is 0 Å². The van der Waals surface area contributed by atoms with Crippen LogP contribution in [0.1, 0.15) is 0 Å². The summed E-state index contributed by atoms with van der Waals surface area (Å²) in [5, 5.41) is 2.72. The number of aromatic nitrogens is 3. The number of aliphatic imine (C=N–C) groups is 1. The summed E-state index contributed by atoms with van der Waals surface area (Å²) in [6.07, 6.45) is 6.68. The summed E-state index contributed by atoms with van der Waals surface area (Å²) in [6.45, 7) is 2.89. The van der Waals surface area contributed by atoms with E-state index >= 15 is 0 Å². The lowest BCUT2D eigenvalue weighted by Crippen LogP contribution is -2.51. The van der Waals surface area contributed by atoms with E-state index in [-0.39, 0.29) is 12.5 Å². The van der Waals surface area contributed by atoms with Gasteiger partial charge in [0.25, 0.3) is 0 Å². The standard InChI is InChI=1S/C16H20N8O/c17-15(21-12-14(25)22-13-3-1-4-18-11-13)23-7-9-24(10-8-23)16-19-5-2-6-20-16/h1-6,11H,7-10,12H2,(H2,17,21)(H,22,25). The van der Waals surface area contributed by atoms with Gasteiger partial charge in [0, 0.05) is 44.8 Å². The van der Waals surface area contributed by atoms with Gasteiger partial charge in [-0.3, -0.25) is 9.78 Å². The van der Waals surface area contributed by atoms with E-state index in [1.165, 1.54) is 0 Å². The fourth-order valence-corrected chi connectivity index (χ4v) is 2.48. The van der Waals surface area contributed by atoms with E-state index in [1.54, 1.807) is 43.0 Å². The van der Waals surface area contributed by atoms with Crippen LogP contribution in [0.3, 0.4) is 0 Å². The normalized spacial score (nSPS) is 15.1. The quantitative estimate of drug-likeness (QED) is 0.592. The number of amides is 1. The van der Waals surface area contributed by atoms with Gasteiger partial charge in [0.1, 0.15) is 6.54 Å². The van der Waals surface area contributed by atoms with Crippen molar-refractivity contribution in [3.8, 4) is 0 Å². The predicted octanol–water partition coefficient (Wildman–Crippen LogP) is -0.0530. The molecule has 2 aromatic rings. The minimum Gasteiger partial charge on any atom is -0.370 e. The molecule has 3 heterocycles. The zero-order valence-electron chi connectivity index (χ0n) is 13.7. The average molecular weight is 340 g/mol. The van der Waals surface area contributed by atoms with Crippen molar-refractivity contribution in [1.29, 1.82) is 0 Å². The maximum absolute atomic E-state index is 11.9. The molecule has 3 rings (SSSR count). The first-order valence-electron chi connectivity index (χ1n) is 7.99. The molecule has 1 amide bonds. The van der Waals surface area contributed by atoms with E-state index in [2.05, 4.69) is 30.2 Å². The third kappa shape index (κ3) is 4.63. The molecule has 9 heteroatoms. The van der Waals surface area contributed by atoms with Gasteiger partial charge >= 0.3 is 0 Å². The fraction of sp³-hybridized carbons (Fsp3) is 0.312. The fourth-order valence-electron chi connectivity index (χ4n) is 2.48. The highest BCUT2D eigenvalue weighted by Gasteiger charge is 2.20. The van der Waals surface area contributed by atoms with Gasteiger partial charge in [-0.2, -0.15) is 0 Å². The topological polar surface area (TPSA) is 113 Å². The molecule has 0 aliphatic carbocycles. The number of hydrogen-bond acceptors (Lipinski definition) is 6. The van der Waals surface area contributed by atoms with E-state index in [0.29, 0.717) is 30.7 Å². The molecule has 9 nitrogen and oxygen atoms in total. The van der Waals surface area contributed by atoms with Gasteiger partial charge in [-0.15, -0.1) is 0 Å². The van der Waals surface area contributed by atoms with Crippen LogP contribution in [-0.4, -0.2) is 64.4 Å². The van der Waals surface area contributed by atoms with Gasteiger partial charge < -0.3 is 20.9 Å². The maximum atomic E-state index is 11.9. The largest absolute Gasteiger partial charge is 0.370 e. The summed E-state index contributed by atoms with van der Waals surface area (Å²) in [4.78, 5) is 32.6. The SMILES string of the molecule is NC(=NCC(=O)Nc1cccnc1)N1CCN(c2ncccn2)CC1. The molecule has 3 N–H and O–H groups in total. The van der Waals surface area contributed by atoms with Crippen LogP contribution < -0.4 is 16.0 Å². The molecule has 2 aromatic heterocycles. The second-order valence-corrected chi connectivity index (χ2v) is 5.49. The zero-order chi connectivity index (χ0) is 17.5. The summed E-state index contributed by atoms with van der Waals surface area (Å²) < 4.78 is 0. The first-order chi connectivity index (χ1) is 12.2. The number of guanidine groups is 1. The van der Waals surface area contributed by atoms with Gasteiger partial charge in [0.05, 0.1) is 11.9 Å². The Hall–Kier alpha value is -3.23. The van der Waals surface area contributed by atoms with Crippen molar-refractivity contribution in [2.45, 2.75) is 0 Å². The number of rotatable bonds is 4. The minimum absolute atomic E-state index is 0.0251. The molecular formula is C16H20N8O. The van der Waals surface area contributed by atoms with Crippen LogP contribution in [0, 0.1) is 0 Å². The number of nitrogens with zero attached hydrogens (tertiary/aromatic N) is 6. The second kappa shape index (κ2) is 8.04. The summed E-state index contributed by atoms with van der Waals surface area (Å²) in [5.74, 6) is 0.857. The first kappa shape index (κ1) is 16.6. The lowest BCUT2D eigenvalue weighted by molar-refractivity contribution is -0.114. The van der Waals surface area contributed by atoms with Gasteiger partial charge in [0.2, 0.25) is 11.9 Å². The highest BCUT2D eigenvalue weighted by atomic mass is 16.1. The van der Waals surface area contributed by atoms with Crippen molar-refractivity contribution in [2.24, 2.45) is 10.7 Å². The third-order valence-electron chi connectivity index (χ3n) is 3.77. The molecule has 0 unspecified atom stereocenters. The van der Waals surface area contributed by atoms with Crippen LogP contribution in [-0.2, 0) is 4.79 Å². The lowest BCUT2D eigenvalue weighted by atomic mass is 10.3. The van der Waals surface area contributed by atoms with Crippen molar-refractivity contribution in [3.63, 3.8) is 0 Å². The first-order valence-corrected chi connectivity index (χ1v) is 7.99. The Morgan fingerprint density at radius 3 is 2.60 bits per heavy atom. The van der Waals surface area contributed by atoms with Crippen molar-refractivity contribution in [2.75, 3.05) is 42.9 Å². The Morgan fingerprint density at radius 2 is 1.92 bits per heavy atom. The number of carbonyl (C=O) groups is 1. The number of nitrogens with one attached hydrogen (secondary N) is 1. The summed E-state index contributed by atoms with van der Waals surface area (Å²) in [7, 11) is 0. The summed E-state index contributed by atoms with van der Waals surface area (Å²) in [6, 6.07) is 5.31. The third-order valence-corrected chi connectivity index (χ3v) is 3.77. The Morgan fingerprint density at radius 1 is 1.16 bits per heavy atom. The van der Waals surface area contributed by atoms with E-state index < -0.39 is 0 Å². The molecule has 1 aliphatic heterocycles. The second-order valence-electron chi connectivity index (χ2n) is 5.49. The molecule has 1 aliphatic rings. The molecule has 25 heavy (non-hydrogen) atoms. The van der Waals surface area contributed by atoms with Crippen molar-refractivity contribution in [1.82, 2.24) is 19.9 Å². The van der Waals surface area contributed by atoms with Crippen LogP contribution in [0.2, 0.25) is 0 Å². The molecule has 130 valence electrons. The van der Waals surface area contributed by atoms with Crippen LogP contribution in [0.25, 0.3) is 0 Å². The maximum Gasteiger partial charge on any atom is 0.246 e. The molecule has 0 bridgehead atoms. The van der Waals surface area contributed by atoms with Crippen molar-refractivity contribution in [3.05, 3.63) is 43.0 Å². The lowest BCUT2D eigenvalue weighted by Gasteiger charge is -2.35. The molecule has 1 fully saturated rings. The van der Waals surface area contributed by atoms with Crippen LogP contribution >= 0.6 is 0 Å². The van der Waals surface area contributed by atoms with E-state index in [1.807, 2.05) is 4.90 Å². The molecular weight excluding hydrogens is 320 g/mol. The van der Waals surface area contributed by atoms with Gasteiger partial charge in [-0.05, 0) is 18.2 Å². The number of piperazine rings is 1. The Balaban J connectivity index is 1.48. The monoisotopic (exact) mass is 340 g/mol.